The van der Waals surface area contributed by atoms with Crippen LogP contribution in [0.4, 0.5) is 8.78 Å². The number of amides is 1. The molecule has 2 unspecified atom stereocenters. The van der Waals surface area contributed by atoms with Crippen molar-refractivity contribution in [1.29, 1.82) is 0 Å². The fourth-order valence-electron chi connectivity index (χ4n) is 4.88. The Hall–Kier alpha value is -2.89. The minimum atomic E-state index is -3.48. The largest absolute Gasteiger partial charge is 0.465 e. The molecule has 8 nitrogen and oxygen atoms in total. The van der Waals surface area contributed by atoms with E-state index in [1.54, 1.807) is 0 Å². The highest BCUT2D eigenvalue weighted by molar-refractivity contribution is 7.89. The summed E-state index contributed by atoms with van der Waals surface area (Å²) in [5, 5.41) is 2.68. The lowest BCUT2D eigenvalue weighted by atomic mass is 9.98. The van der Waals surface area contributed by atoms with Crippen molar-refractivity contribution in [3.63, 3.8) is 0 Å². The van der Waals surface area contributed by atoms with Gasteiger partial charge in [0, 0.05) is 31.1 Å². The first-order valence-corrected chi connectivity index (χ1v) is 14.5. The first-order chi connectivity index (χ1) is 18.2. The van der Waals surface area contributed by atoms with Gasteiger partial charge in [-0.05, 0) is 61.5 Å². The maximum atomic E-state index is 14.8. The van der Waals surface area contributed by atoms with Gasteiger partial charge >= 0.3 is 5.97 Å². The average molecular weight is 550 g/mol. The molecule has 11 heteroatoms. The van der Waals surface area contributed by atoms with Crippen molar-refractivity contribution in [2.45, 2.75) is 32.2 Å². The lowest BCUT2D eigenvalue weighted by Gasteiger charge is -2.26. The number of carbonyl (C=O) groups is 2. The number of nitrogens with zero attached hydrogens (tertiary/aromatic N) is 1. The van der Waals surface area contributed by atoms with Gasteiger partial charge in [0.15, 0.2) is 0 Å². The van der Waals surface area contributed by atoms with Gasteiger partial charge in [-0.1, -0.05) is 30.7 Å². The third-order valence-corrected chi connectivity index (χ3v) is 8.62. The number of carbonyl (C=O) groups excluding carboxylic acids is 2. The van der Waals surface area contributed by atoms with Crippen molar-refractivity contribution in [3.8, 4) is 11.1 Å². The van der Waals surface area contributed by atoms with Gasteiger partial charge in [0.2, 0.25) is 15.9 Å². The molecule has 2 aromatic carbocycles. The van der Waals surface area contributed by atoms with Crippen LogP contribution in [0.5, 0.6) is 0 Å². The molecule has 206 valence electrons. The summed E-state index contributed by atoms with van der Waals surface area (Å²) >= 11 is 0. The van der Waals surface area contributed by atoms with E-state index in [4.69, 9.17) is 0 Å². The van der Waals surface area contributed by atoms with Gasteiger partial charge in [0.05, 0.1) is 12.9 Å². The molecule has 38 heavy (non-hydrogen) atoms. The summed E-state index contributed by atoms with van der Waals surface area (Å²) in [4.78, 5) is 26.8. The molecule has 4 rings (SSSR count). The number of hydrogen-bond acceptors (Lipinski definition) is 6. The van der Waals surface area contributed by atoms with Crippen LogP contribution in [0.3, 0.4) is 0 Å². The normalized spacial score (nSPS) is 19.7. The first kappa shape index (κ1) is 28.1. The second-order valence-electron chi connectivity index (χ2n) is 9.86. The number of likely N-dealkylation sites (tertiary alicyclic amines) is 1. The number of hydrogen-bond donors (Lipinski definition) is 2. The Balaban J connectivity index is 1.27. The van der Waals surface area contributed by atoms with Crippen molar-refractivity contribution < 1.29 is 31.5 Å². The summed E-state index contributed by atoms with van der Waals surface area (Å²) in [5.74, 6) is -3.39. The molecule has 1 amide bonds. The van der Waals surface area contributed by atoms with Crippen LogP contribution in [0.15, 0.2) is 36.4 Å². The number of sulfonamides is 1. The van der Waals surface area contributed by atoms with Gasteiger partial charge in [-0.25, -0.2) is 26.7 Å². The minimum Gasteiger partial charge on any atom is -0.465 e. The molecule has 0 spiro atoms. The second kappa shape index (κ2) is 12.3. The smallest absolute Gasteiger partial charge is 0.341 e. The summed E-state index contributed by atoms with van der Waals surface area (Å²) in [5.41, 5.74) is 0.407. The number of ether oxygens (including phenoxy) is 1. The average Bonchev–Trinajstić information content (AvgIpc) is 3.66. The van der Waals surface area contributed by atoms with E-state index >= 15 is 0 Å². The van der Waals surface area contributed by atoms with Crippen LogP contribution < -0.4 is 10.0 Å². The van der Waals surface area contributed by atoms with E-state index in [9.17, 15) is 26.8 Å². The fourth-order valence-corrected chi connectivity index (χ4v) is 6.33. The van der Waals surface area contributed by atoms with E-state index in [0.29, 0.717) is 19.5 Å². The molecule has 2 fully saturated rings. The summed E-state index contributed by atoms with van der Waals surface area (Å²) in [6.07, 6.45) is 3.97. The summed E-state index contributed by atoms with van der Waals surface area (Å²) in [6, 6.07) is 8.20. The zero-order valence-electron chi connectivity index (χ0n) is 21.3. The maximum Gasteiger partial charge on any atom is 0.341 e. The third kappa shape index (κ3) is 7.15. The summed E-state index contributed by atoms with van der Waals surface area (Å²) in [7, 11) is -2.34. The van der Waals surface area contributed by atoms with Crippen LogP contribution in [-0.2, 0) is 26.1 Å². The molecule has 1 aliphatic carbocycles. The Morgan fingerprint density at radius 2 is 1.84 bits per heavy atom. The van der Waals surface area contributed by atoms with Crippen LogP contribution >= 0.6 is 0 Å². The maximum absolute atomic E-state index is 14.8. The molecule has 1 saturated carbocycles. The summed E-state index contributed by atoms with van der Waals surface area (Å²) in [6.45, 7) is 2.95. The lowest BCUT2D eigenvalue weighted by molar-refractivity contribution is -0.122. The number of benzene rings is 2. The minimum absolute atomic E-state index is 0.0813. The van der Waals surface area contributed by atoms with Gasteiger partial charge in [0.1, 0.15) is 17.2 Å². The Morgan fingerprint density at radius 1 is 1.08 bits per heavy atom. The number of piperidine rings is 1. The highest BCUT2D eigenvalue weighted by Gasteiger charge is 2.45. The topological polar surface area (TPSA) is 105 Å². The van der Waals surface area contributed by atoms with E-state index in [1.807, 2.05) is 0 Å². The van der Waals surface area contributed by atoms with Crippen molar-refractivity contribution in [1.82, 2.24) is 14.9 Å². The van der Waals surface area contributed by atoms with Gasteiger partial charge in [-0.2, -0.15) is 0 Å². The van der Waals surface area contributed by atoms with Crippen molar-refractivity contribution in [2.75, 3.05) is 39.0 Å². The molecule has 2 aromatic rings. The van der Waals surface area contributed by atoms with E-state index < -0.39 is 33.5 Å². The molecule has 2 aliphatic rings. The highest BCUT2D eigenvalue weighted by Crippen LogP contribution is 2.39. The van der Waals surface area contributed by atoms with E-state index in [1.165, 1.54) is 36.8 Å². The number of esters is 1. The van der Waals surface area contributed by atoms with Crippen LogP contribution in [0.1, 0.15) is 41.6 Å². The van der Waals surface area contributed by atoms with E-state index in [-0.39, 0.29) is 46.4 Å². The number of methoxy groups -OCH3 is 1. The number of rotatable bonds is 11. The molecule has 1 heterocycles. The Bertz CT molecular complexity index is 1280. The lowest BCUT2D eigenvalue weighted by Crippen LogP contribution is -2.38. The predicted molar refractivity (Wildman–Crippen MR) is 139 cm³/mol. The van der Waals surface area contributed by atoms with Crippen LogP contribution in [0, 0.1) is 23.5 Å². The van der Waals surface area contributed by atoms with Gasteiger partial charge in [-0.15, -0.1) is 0 Å². The van der Waals surface area contributed by atoms with Crippen molar-refractivity contribution in [3.05, 3.63) is 59.2 Å². The third-order valence-electron chi connectivity index (χ3n) is 7.11. The molecular weight excluding hydrogens is 516 g/mol. The molecule has 0 aromatic heterocycles. The zero-order chi connectivity index (χ0) is 27.3. The standard InChI is InChI=1S/C27H33F2N3O5S/c1-37-27(34)25-21(6-5-7-23(25)28)18-8-9-19(24(29)15-18)16-30-26(33)22-14-20(22)17-38(35,36)31-10-13-32-11-3-2-4-12-32/h5-9,15,20,22,31H,2-4,10-14,16-17H2,1H3,(H,30,33). The molecule has 0 radical (unpaired) electrons. The molecule has 1 saturated heterocycles. The number of nitrogens with one attached hydrogen (secondary N) is 2. The van der Waals surface area contributed by atoms with E-state index in [2.05, 4.69) is 19.7 Å². The number of halogens is 2. The van der Waals surface area contributed by atoms with Crippen molar-refractivity contribution in [2.24, 2.45) is 11.8 Å². The first-order valence-electron chi connectivity index (χ1n) is 12.8. The van der Waals surface area contributed by atoms with Crippen LogP contribution in [0.2, 0.25) is 0 Å². The second-order valence-corrected chi connectivity index (χ2v) is 11.7. The molecule has 2 N–H and O–H groups in total. The highest BCUT2D eigenvalue weighted by atomic mass is 32.2. The van der Waals surface area contributed by atoms with Crippen molar-refractivity contribution >= 4 is 21.9 Å². The monoisotopic (exact) mass is 549 g/mol. The molecule has 0 bridgehead atoms. The summed E-state index contributed by atoms with van der Waals surface area (Å²) < 4.78 is 61.1. The fraction of sp³-hybridized carbons (Fsp3) is 0.481. The Labute approximate surface area is 221 Å². The Kier molecular flexibility index (Phi) is 9.11. The Morgan fingerprint density at radius 3 is 2.55 bits per heavy atom. The SMILES string of the molecule is COC(=O)c1c(F)cccc1-c1ccc(CNC(=O)C2CC2CS(=O)(=O)NCCN2CCCCC2)c(F)c1. The van der Waals surface area contributed by atoms with Crippen LogP contribution in [-0.4, -0.2) is 64.2 Å². The van der Waals surface area contributed by atoms with Gasteiger partial charge < -0.3 is 15.0 Å². The molecule has 2 atom stereocenters. The van der Waals surface area contributed by atoms with E-state index in [0.717, 1.165) is 39.1 Å². The van der Waals surface area contributed by atoms with Gasteiger partial charge in [-0.3, -0.25) is 4.79 Å². The molecule has 1 aliphatic heterocycles. The molecular formula is C27H33F2N3O5S. The van der Waals surface area contributed by atoms with Crippen LogP contribution in [0.25, 0.3) is 11.1 Å². The predicted octanol–water partition coefficient (Wildman–Crippen LogP) is 3.08. The zero-order valence-corrected chi connectivity index (χ0v) is 22.2. The van der Waals surface area contributed by atoms with Gasteiger partial charge in [0.25, 0.3) is 0 Å². The quantitative estimate of drug-likeness (QED) is 0.418.